The van der Waals surface area contributed by atoms with Crippen molar-refractivity contribution < 1.29 is 18.0 Å². The summed E-state index contributed by atoms with van der Waals surface area (Å²) in [5, 5.41) is 2.95. The number of amides is 2. The summed E-state index contributed by atoms with van der Waals surface area (Å²) in [6.45, 7) is 11.0. The zero-order chi connectivity index (χ0) is 28.7. The Balaban J connectivity index is 2.01. The lowest BCUT2D eigenvalue weighted by Crippen LogP contribution is -2.52. The van der Waals surface area contributed by atoms with E-state index >= 15 is 0 Å². The molecule has 8 heteroatoms. The topological polar surface area (TPSA) is 86.8 Å². The second-order valence-corrected chi connectivity index (χ2v) is 12.0. The molecule has 0 radical (unpaired) electrons. The van der Waals surface area contributed by atoms with E-state index in [1.54, 1.807) is 43.3 Å². The lowest BCUT2D eigenvalue weighted by atomic mass is 10.1. The van der Waals surface area contributed by atoms with Gasteiger partial charge in [-0.05, 0) is 70.9 Å². The van der Waals surface area contributed by atoms with E-state index in [0.29, 0.717) is 5.69 Å². The quantitative estimate of drug-likeness (QED) is 0.359. The van der Waals surface area contributed by atoms with Crippen LogP contribution in [0, 0.1) is 20.8 Å². The minimum absolute atomic E-state index is 0.0535. The summed E-state index contributed by atoms with van der Waals surface area (Å²) in [5.74, 6) is -0.758. The first kappa shape index (κ1) is 29.9. The van der Waals surface area contributed by atoms with Gasteiger partial charge in [0, 0.05) is 12.6 Å². The number of benzene rings is 3. The largest absolute Gasteiger partial charge is 0.352 e. The summed E-state index contributed by atoms with van der Waals surface area (Å²) >= 11 is 0. The van der Waals surface area contributed by atoms with Crippen LogP contribution < -0.4 is 9.62 Å². The standard InChI is InChI=1S/C31H39N3O4S/c1-7-25(5)32-31(36)26(6)33(20-27-14-8-22(2)9-15-27)30(35)21-34(28-16-10-23(3)11-17-28)39(37,38)29-18-12-24(4)13-19-29/h8-19,25-26H,7,20-21H2,1-6H3,(H,32,36)/t25-,26-/m1/s1. The molecule has 0 saturated heterocycles. The highest BCUT2D eigenvalue weighted by Crippen LogP contribution is 2.25. The van der Waals surface area contributed by atoms with Gasteiger partial charge in [0.05, 0.1) is 10.6 Å². The average Bonchev–Trinajstić information content (AvgIpc) is 2.91. The lowest BCUT2D eigenvalue weighted by molar-refractivity contribution is -0.139. The molecule has 0 saturated carbocycles. The SMILES string of the molecule is CC[C@@H](C)NC(=O)[C@@H](C)N(Cc1ccc(C)cc1)C(=O)CN(c1ccc(C)cc1)S(=O)(=O)c1ccc(C)cc1. The van der Waals surface area contributed by atoms with Gasteiger partial charge in [0.2, 0.25) is 11.8 Å². The van der Waals surface area contributed by atoms with Crippen LogP contribution >= 0.6 is 0 Å². The van der Waals surface area contributed by atoms with Crippen molar-refractivity contribution in [1.82, 2.24) is 10.2 Å². The third-order valence-corrected chi connectivity index (χ3v) is 8.64. The van der Waals surface area contributed by atoms with Crippen LogP contribution in [0.25, 0.3) is 0 Å². The molecule has 1 N–H and O–H groups in total. The number of hydrogen-bond acceptors (Lipinski definition) is 4. The third kappa shape index (κ3) is 7.69. The Hall–Kier alpha value is -3.65. The normalized spacial score (nSPS) is 12.9. The van der Waals surface area contributed by atoms with E-state index in [1.807, 2.05) is 71.0 Å². The Morgan fingerprint density at radius 2 is 1.28 bits per heavy atom. The Bertz CT molecular complexity index is 1370. The van der Waals surface area contributed by atoms with Crippen LogP contribution in [-0.2, 0) is 26.2 Å². The summed E-state index contributed by atoms with van der Waals surface area (Å²) < 4.78 is 28.8. The summed E-state index contributed by atoms with van der Waals surface area (Å²) in [7, 11) is -4.07. The second kappa shape index (κ2) is 12.9. The van der Waals surface area contributed by atoms with Gasteiger partial charge < -0.3 is 10.2 Å². The van der Waals surface area contributed by atoms with Gasteiger partial charge in [-0.3, -0.25) is 13.9 Å². The van der Waals surface area contributed by atoms with Crippen molar-refractivity contribution in [2.75, 3.05) is 10.8 Å². The third-order valence-electron chi connectivity index (χ3n) is 6.85. The first-order chi connectivity index (χ1) is 18.4. The molecule has 3 rings (SSSR count). The van der Waals surface area contributed by atoms with Gasteiger partial charge >= 0.3 is 0 Å². The molecule has 0 aliphatic heterocycles. The number of carbonyl (C=O) groups excluding carboxylic acids is 2. The van der Waals surface area contributed by atoms with E-state index in [-0.39, 0.29) is 23.4 Å². The van der Waals surface area contributed by atoms with Gasteiger partial charge in [0.15, 0.2) is 0 Å². The average molecular weight is 550 g/mol. The molecule has 3 aromatic rings. The smallest absolute Gasteiger partial charge is 0.264 e. The Labute approximate surface area is 232 Å². The van der Waals surface area contributed by atoms with E-state index in [0.717, 1.165) is 33.0 Å². The van der Waals surface area contributed by atoms with Gasteiger partial charge in [-0.25, -0.2) is 8.42 Å². The monoisotopic (exact) mass is 549 g/mol. The molecule has 0 aliphatic carbocycles. The second-order valence-electron chi connectivity index (χ2n) is 10.2. The molecular weight excluding hydrogens is 510 g/mol. The summed E-state index contributed by atoms with van der Waals surface area (Å²) in [6.07, 6.45) is 0.750. The number of carbonyl (C=O) groups is 2. The minimum atomic E-state index is -4.07. The highest BCUT2D eigenvalue weighted by molar-refractivity contribution is 7.92. The van der Waals surface area contributed by atoms with Crippen molar-refractivity contribution in [3.63, 3.8) is 0 Å². The molecule has 2 atom stereocenters. The molecule has 7 nitrogen and oxygen atoms in total. The molecule has 0 aliphatic rings. The molecule has 3 aromatic carbocycles. The molecule has 0 fully saturated rings. The fraction of sp³-hybridized carbons (Fsp3) is 0.355. The number of sulfonamides is 1. The molecule has 0 aromatic heterocycles. The molecule has 2 amide bonds. The molecule has 0 bridgehead atoms. The zero-order valence-corrected chi connectivity index (χ0v) is 24.5. The van der Waals surface area contributed by atoms with Crippen molar-refractivity contribution in [1.29, 1.82) is 0 Å². The van der Waals surface area contributed by atoms with Gasteiger partial charge in [0.1, 0.15) is 12.6 Å². The summed E-state index contributed by atoms with van der Waals surface area (Å²) in [4.78, 5) is 28.6. The van der Waals surface area contributed by atoms with E-state index in [9.17, 15) is 18.0 Å². The predicted molar refractivity (Wildman–Crippen MR) is 156 cm³/mol. The first-order valence-electron chi connectivity index (χ1n) is 13.2. The van der Waals surface area contributed by atoms with Crippen LogP contribution in [0.1, 0.15) is 49.4 Å². The molecule has 39 heavy (non-hydrogen) atoms. The minimum Gasteiger partial charge on any atom is -0.352 e. The Morgan fingerprint density at radius 3 is 1.79 bits per heavy atom. The summed E-state index contributed by atoms with van der Waals surface area (Å²) in [6, 6.07) is 20.4. The number of nitrogens with zero attached hydrogens (tertiary/aromatic N) is 2. The van der Waals surface area contributed by atoms with Crippen LogP contribution in [0.15, 0.2) is 77.7 Å². The summed E-state index contributed by atoms with van der Waals surface area (Å²) in [5.41, 5.74) is 4.20. The Kier molecular flexibility index (Phi) is 9.92. The zero-order valence-electron chi connectivity index (χ0n) is 23.6. The van der Waals surface area contributed by atoms with Crippen LogP contribution in [0.5, 0.6) is 0 Å². The van der Waals surface area contributed by atoms with Gasteiger partial charge in [0.25, 0.3) is 10.0 Å². The van der Waals surface area contributed by atoms with Crippen molar-refractivity contribution in [2.24, 2.45) is 0 Å². The lowest BCUT2D eigenvalue weighted by Gasteiger charge is -2.32. The van der Waals surface area contributed by atoms with Crippen LogP contribution in [-0.4, -0.2) is 43.8 Å². The maximum absolute atomic E-state index is 13.9. The Morgan fingerprint density at radius 1 is 0.795 bits per heavy atom. The van der Waals surface area contributed by atoms with Crippen molar-refractivity contribution in [3.05, 3.63) is 95.1 Å². The predicted octanol–water partition coefficient (Wildman–Crippen LogP) is 5.14. The first-order valence-corrected chi connectivity index (χ1v) is 14.7. The van der Waals surface area contributed by atoms with E-state index in [4.69, 9.17) is 0 Å². The maximum atomic E-state index is 13.9. The number of rotatable bonds is 11. The van der Waals surface area contributed by atoms with Crippen LogP contribution in [0.3, 0.4) is 0 Å². The number of anilines is 1. The molecular formula is C31H39N3O4S. The molecule has 0 heterocycles. The van der Waals surface area contributed by atoms with E-state index < -0.39 is 28.5 Å². The van der Waals surface area contributed by atoms with Crippen molar-refractivity contribution in [3.8, 4) is 0 Å². The fourth-order valence-electron chi connectivity index (χ4n) is 4.02. The fourth-order valence-corrected chi connectivity index (χ4v) is 5.43. The maximum Gasteiger partial charge on any atom is 0.264 e. The van der Waals surface area contributed by atoms with Crippen LogP contribution in [0.4, 0.5) is 5.69 Å². The number of hydrogen-bond donors (Lipinski definition) is 1. The van der Waals surface area contributed by atoms with Gasteiger partial charge in [-0.15, -0.1) is 0 Å². The number of nitrogens with one attached hydrogen (secondary N) is 1. The number of aryl methyl sites for hydroxylation is 3. The highest BCUT2D eigenvalue weighted by Gasteiger charge is 2.32. The van der Waals surface area contributed by atoms with Gasteiger partial charge in [-0.2, -0.15) is 0 Å². The van der Waals surface area contributed by atoms with Crippen LogP contribution in [0.2, 0.25) is 0 Å². The molecule has 208 valence electrons. The molecule has 0 spiro atoms. The highest BCUT2D eigenvalue weighted by atomic mass is 32.2. The van der Waals surface area contributed by atoms with Gasteiger partial charge in [-0.1, -0.05) is 72.1 Å². The van der Waals surface area contributed by atoms with Crippen molar-refractivity contribution >= 4 is 27.5 Å². The van der Waals surface area contributed by atoms with Crippen molar-refractivity contribution in [2.45, 2.75) is 71.5 Å². The molecule has 0 unspecified atom stereocenters. The van der Waals surface area contributed by atoms with E-state index in [2.05, 4.69) is 5.32 Å². The van der Waals surface area contributed by atoms with E-state index in [1.165, 1.54) is 4.90 Å².